The monoisotopic (exact) mass is 398 g/mol. The van der Waals surface area contributed by atoms with Gasteiger partial charge < -0.3 is 5.32 Å². The molecule has 0 spiro atoms. The van der Waals surface area contributed by atoms with E-state index in [2.05, 4.69) is 19.2 Å². The van der Waals surface area contributed by atoms with E-state index in [0.29, 0.717) is 24.6 Å². The van der Waals surface area contributed by atoms with Crippen LogP contribution in [0.4, 0.5) is 11.4 Å². The van der Waals surface area contributed by atoms with Crippen molar-refractivity contribution in [3.63, 3.8) is 0 Å². The number of nitrogens with one attached hydrogen (secondary N) is 1. The largest absolute Gasteiger partial charge is 0.322 e. The van der Waals surface area contributed by atoms with Gasteiger partial charge in [0.2, 0.25) is 15.9 Å². The van der Waals surface area contributed by atoms with Gasteiger partial charge in [-0.1, -0.05) is 44.2 Å². The van der Waals surface area contributed by atoms with Crippen LogP contribution in [0.3, 0.4) is 0 Å². The molecule has 0 saturated carbocycles. The Labute approximate surface area is 167 Å². The smallest absolute Gasteiger partial charge is 0.248 e. The fourth-order valence-corrected chi connectivity index (χ4v) is 4.92. The second-order valence-corrected chi connectivity index (χ2v) is 9.36. The molecule has 0 aliphatic carbocycles. The van der Waals surface area contributed by atoms with E-state index in [4.69, 9.17) is 0 Å². The molecule has 0 bridgehead atoms. The number of benzene rings is 2. The first-order chi connectivity index (χ1) is 13.3. The maximum atomic E-state index is 12.4. The summed E-state index contributed by atoms with van der Waals surface area (Å²) in [5.41, 5.74) is 4.51. The molecule has 3 rings (SSSR count). The minimum atomic E-state index is -3.18. The number of hydrogen-bond donors (Lipinski definition) is 1. The molecule has 1 heterocycles. The molecule has 1 amide bonds. The van der Waals surface area contributed by atoms with Gasteiger partial charge in [-0.3, -0.25) is 9.10 Å². The predicted molar refractivity (Wildman–Crippen MR) is 115 cm³/mol. The van der Waals surface area contributed by atoms with E-state index >= 15 is 0 Å². The summed E-state index contributed by atoms with van der Waals surface area (Å²) in [4.78, 5) is 12.4. The van der Waals surface area contributed by atoms with Crippen molar-refractivity contribution in [2.24, 2.45) is 0 Å². The summed E-state index contributed by atoms with van der Waals surface area (Å²) in [5.74, 6) is 0.322. The lowest BCUT2D eigenvalue weighted by atomic mass is 9.98. The summed E-state index contributed by atoms with van der Waals surface area (Å²) < 4.78 is 25.4. The van der Waals surface area contributed by atoms with Crippen molar-refractivity contribution in [2.45, 2.75) is 33.1 Å². The van der Waals surface area contributed by atoms with E-state index in [1.807, 2.05) is 37.3 Å². The third-order valence-electron chi connectivity index (χ3n) is 4.88. The first-order valence-electron chi connectivity index (χ1n) is 9.47. The van der Waals surface area contributed by atoms with E-state index in [1.165, 1.54) is 10.4 Å². The van der Waals surface area contributed by atoms with Crippen molar-refractivity contribution in [1.29, 1.82) is 0 Å². The van der Waals surface area contributed by atoms with Crippen LogP contribution in [0.1, 0.15) is 42.9 Å². The molecule has 1 aliphatic rings. The fraction of sp³-hybridized carbons (Fsp3) is 0.318. The van der Waals surface area contributed by atoms with E-state index in [9.17, 15) is 13.2 Å². The van der Waals surface area contributed by atoms with Gasteiger partial charge in [0, 0.05) is 18.3 Å². The summed E-state index contributed by atoms with van der Waals surface area (Å²) in [6.07, 6.45) is 3.88. The van der Waals surface area contributed by atoms with Crippen LogP contribution in [0.2, 0.25) is 0 Å². The van der Waals surface area contributed by atoms with Crippen LogP contribution in [0, 0.1) is 6.92 Å². The molecule has 1 saturated heterocycles. The lowest BCUT2D eigenvalue weighted by molar-refractivity contribution is -0.111. The number of amides is 1. The van der Waals surface area contributed by atoms with Gasteiger partial charge in [0.15, 0.2) is 0 Å². The maximum Gasteiger partial charge on any atom is 0.248 e. The molecule has 0 aromatic heterocycles. The van der Waals surface area contributed by atoms with Crippen LogP contribution in [0.15, 0.2) is 48.5 Å². The second kappa shape index (κ2) is 8.19. The van der Waals surface area contributed by atoms with Crippen LogP contribution < -0.4 is 9.62 Å². The molecule has 148 valence electrons. The highest BCUT2D eigenvalue weighted by Crippen LogP contribution is 2.27. The number of anilines is 2. The quantitative estimate of drug-likeness (QED) is 0.763. The summed E-state index contributed by atoms with van der Waals surface area (Å²) in [6.45, 7) is 6.70. The highest BCUT2D eigenvalue weighted by molar-refractivity contribution is 7.93. The minimum absolute atomic E-state index is 0.192. The van der Waals surface area contributed by atoms with Crippen LogP contribution in [-0.4, -0.2) is 26.6 Å². The number of hydrogen-bond acceptors (Lipinski definition) is 3. The van der Waals surface area contributed by atoms with Crippen molar-refractivity contribution in [1.82, 2.24) is 0 Å². The summed E-state index contributed by atoms with van der Waals surface area (Å²) in [7, 11) is -3.18. The molecule has 1 fully saturated rings. The zero-order valence-electron chi connectivity index (χ0n) is 16.5. The average Bonchev–Trinajstić information content (AvgIpc) is 3.01. The normalized spacial score (nSPS) is 16.1. The number of sulfonamides is 1. The Balaban J connectivity index is 1.70. The standard InChI is InChI=1S/C22H26N2O3S/c1-16(2)20-7-4-6-17(3)22(20)23-21(25)13-10-18-8-11-19(12-9-18)24-14-5-15-28(24,26)27/h4,6-13,16H,5,14-15H2,1-3H3,(H,23,25). The van der Waals surface area contributed by atoms with Gasteiger partial charge in [-0.15, -0.1) is 0 Å². The van der Waals surface area contributed by atoms with E-state index < -0.39 is 10.0 Å². The van der Waals surface area contributed by atoms with Gasteiger partial charge in [0.1, 0.15) is 0 Å². The number of carbonyl (C=O) groups excluding carboxylic acids is 1. The minimum Gasteiger partial charge on any atom is -0.322 e. The molecular formula is C22H26N2O3S. The third-order valence-corrected chi connectivity index (χ3v) is 6.75. The van der Waals surface area contributed by atoms with Gasteiger partial charge in [-0.05, 0) is 54.2 Å². The molecule has 2 aromatic carbocycles. The molecule has 0 radical (unpaired) electrons. The summed E-state index contributed by atoms with van der Waals surface area (Å²) >= 11 is 0. The van der Waals surface area contributed by atoms with Crippen molar-refractivity contribution >= 4 is 33.4 Å². The molecular weight excluding hydrogens is 372 g/mol. The number of nitrogens with zero attached hydrogens (tertiary/aromatic N) is 1. The Kier molecular flexibility index (Phi) is 5.89. The van der Waals surface area contributed by atoms with Crippen molar-refractivity contribution in [3.8, 4) is 0 Å². The number of carbonyl (C=O) groups is 1. The SMILES string of the molecule is Cc1cccc(C(C)C)c1NC(=O)C=Cc1ccc(N2CCCS2(=O)=O)cc1. The number of para-hydroxylation sites is 1. The van der Waals surface area contributed by atoms with Gasteiger partial charge in [-0.2, -0.15) is 0 Å². The number of aryl methyl sites for hydroxylation is 1. The van der Waals surface area contributed by atoms with Gasteiger partial charge >= 0.3 is 0 Å². The Morgan fingerprint density at radius 1 is 1.14 bits per heavy atom. The lowest BCUT2D eigenvalue weighted by Gasteiger charge is -2.16. The van der Waals surface area contributed by atoms with Crippen LogP contribution >= 0.6 is 0 Å². The average molecular weight is 399 g/mol. The second-order valence-electron chi connectivity index (χ2n) is 7.35. The molecule has 0 unspecified atom stereocenters. The molecule has 5 nitrogen and oxygen atoms in total. The highest BCUT2D eigenvalue weighted by Gasteiger charge is 2.28. The zero-order valence-corrected chi connectivity index (χ0v) is 17.3. The topological polar surface area (TPSA) is 66.5 Å². The molecule has 1 N–H and O–H groups in total. The zero-order chi connectivity index (χ0) is 20.3. The Morgan fingerprint density at radius 2 is 1.86 bits per heavy atom. The van der Waals surface area contributed by atoms with Crippen molar-refractivity contribution in [2.75, 3.05) is 21.9 Å². The van der Waals surface area contributed by atoms with Crippen LogP contribution in [-0.2, 0) is 14.8 Å². The van der Waals surface area contributed by atoms with Gasteiger partial charge in [0.25, 0.3) is 0 Å². The first-order valence-corrected chi connectivity index (χ1v) is 11.1. The maximum absolute atomic E-state index is 12.4. The van der Waals surface area contributed by atoms with Crippen LogP contribution in [0.25, 0.3) is 6.08 Å². The highest BCUT2D eigenvalue weighted by atomic mass is 32.2. The van der Waals surface area contributed by atoms with E-state index in [0.717, 1.165) is 22.4 Å². The molecule has 2 aromatic rings. The van der Waals surface area contributed by atoms with Crippen LogP contribution in [0.5, 0.6) is 0 Å². The van der Waals surface area contributed by atoms with Gasteiger partial charge in [0.05, 0.1) is 11.4 Å². The van der Waals surface area contributed by atoms with Crippen molar-refractivity contribution in [3.05, 3.63) is 65.2 Å². The van der Waals surface area contributed by atoms with E-state index in [1.54, 1.807) is 18.2 Å². The summed E-state index contributed by atoms with van der Waals surface area (Å²) in [5, 5.41) is 2.98. The van der Waals surface area contributed by atoms with E-state index in [-0.39, 0.29) is 11.7 Å². The molecule has 6 heteroatoms. The Hall–Kier alpha value is -2.60. The summed E-state index contributed by atoms with van der Waals surface area (Å²) in [6, 6.07) is 13.2. The van der Waals surface area contributed by atoms with Crippen molar-refractivity contribution < 1.29 is 13.2 Å². The molecule has 1 aliphatic heterocycles. The lowest BCUT2D eigenvalue weighted by Crippen LogP contribution is -2.24. The fourth-order valence-electron chi connectivity index (χ4n) is 3.36. The first kappa shape index (κ1) is 20.1. The Bertz CT molecular complexity index is 993. The number of rotatable bonds is 5. The molecule has 0 atom stereocenters. The Morgan fingerprint density at radius 3 is 2.46 bits per heavy atom. The predicted octanol–water partition coefficient (Wildman–Crippen LogP) is 4.31. The van der Waals surface area contributed by atoms with Gasteiger partial charge in [-0.25, -0.2) is 8.42 Å². The molecule has 28 heavy (non-hydrogen) atoms. The third kappa shape index (κ3) is 4.44.